The first-order valence-electron chi connectivity index (χ1n) is 9.06. The average molecular weight is 468 g/mol. The van der Waals surface area contributed by atoms with Crippen LogP contribution in [0.25, 0.3) is 0 Å². The second kappa shape index (κ2) is 7.61. The number of aromatic nitrogens is 1. The van der Waals surface area contributed by atoms with Crippen LogP contribution in [0.4, 0.5) is 25.0 Å². The summed E-state index contributed by atoms with van der Waals surface area (Å²) >= 11 is 5.92. The number of carbonyl (C=O) groups excluding carboxylic acids is 1. The molecule has 2 atom stereocenters. The third kappa shape index (κ3) is 3.55. The number of allylic oxidation sites excluding steroid dienone is 3. The number of methoxy groups -OCH3 is 1. The molecule has 0 fully saturated rings. The van der Waals surface area contributed by atoms with Gasteiger partial charge in [-0.2, -0.15) is 4.31 Å². The Bertz CT molecular complexity index is 1200. The molecule has 0 N–H and O–H groups in total. The number of rotatable bonds is 4. The van der Waals surface area contributed by atoms with Crippen LogP contribution >= 0.6 is 11.6 Å². The van der Waals surface area contributed by atoms with E-state index in [0.717, 1.165) is 23.2 Å². The lowest BCUT2D eigenvalue weighted by atomic mass is 9.97. The van der Waals surface area contributed by atoms with Gasteiger partial charge in [0.25, 0.3) is 10.0 Å². The van der Waals surface area contributed by atoms with Gasteiger partial charge in [0.15, 0.2) is 0 Å². The minimum atomic E-state index is -4.47. The summed E-state index contributed by atoms with van der Waals surface area (Å²) in [6.45, 7) is -0.400. The zero-order chi connectivity index (χ0) is 22.4. The van der Waals surface area contributed by atoms with Crippen molar-refractivity contribution >= 4 is 39.0 Å². The summed E-state index contributed by atoms with van der Waals surface area (Å²) < 4.78 is 61.4. The van der Waals surface area contributed by atoms with Crippen LogP contribution in [0.5, 0.6) is 5.88 Å². The Morgan fingerprint density at radius 1 is 1.26 bits per heavy atom. The molecule has 7 nitrogen and oxygen atoms in total. The first kappa shape index (κ1) is 21.3. The van der Waals surface area contributed by atoms with E-state index in [0.29, 0.717) is 4.31 Å². The molecular weight excluding hydrogens is 452 g/mol. The van der Waals surface area contributed by atoms with Crippen molar-refractivity contribution in [2.45, 2.75) is 10.0 Å². The fraction of sp³-hybridized carbons (Fsp3) is 0.200. The highest BCUT2D eigenvalue weighted by Gasteiger charge is 2.46. The molecular formula is C20H16ClF2N3O4S. The van der Waals surface area contributed by atoms with E-state index in [1.165, 1.54) is 43.5 Å². The minimum absolute atomic E-state index is 0.0813. The fourth-order valence-electron chi connectivity index (χ4n) is 3.42. The normalized spacial score (nSPS) is 24.3. The van der Waals surface area contributed by atoms with Gasteiger partial charge in [0.05, 0.1) is 19.0 Å². The maximum atomic E-state index is 14.8. The Labute approximate surface area is 182 Å². The summed E-state index contributed by atoms with van der Waals surface area (Å²) in [5.74, 6) is -1.78. The Hall–Kier alpha value is -2.98. The van der Waals surface area contributed by atoms with Crippen molar-refractivity contribution in [3.8, 4) is 5.88 Å². The van der Waals surface area contributed by atoms with Gasteiger partial charge in [-0.1, -0.05) is 35.9 Å². The number of carbonyl (C=O) groups is 1. The number of halogens is 3. The van der Waals surface area contributed by atoms with Gasteiger partial charge in [0, 0.05) is 18.5 Å². The van der Waals surface area contributed by atoms with Crippen molar-refractivity contribution in [2.24, 2.45) is 5.92 Å². The summed E-state index contributed by atoms with van der Waals surface area (Å²) in [5, 5.41) is -2.33. The smallest absolute Gasteiger partial charge is 0.343 e. The molecule has 1 aromatic heterocycles. The second-order valence-electron chi connectivity index (χ2n) is 6.83. The molecule has 0 saturated carbocycles. The van der Waals surface area contributed by atoms with Gasteiger partial charge in [-0.05, 0) is 24.3 Å². The van der Waals surface area contributed by atoms with Gasteiger partial charge in [-0.25, -0.2) is 27.0 Å². The van der Waals surface area contributed by atoms with E-state index in [-0.39, 0.29) is 11.6 Å². The van der Waals surface area contributed by atoms with E-state index >= 15 is 0 Å². The van der Waals surface area contributed by atoms with Crippen molar-refractivity contribution in [2.75, 3.05) is 22.9 Å². The Balaban J connectivity index is 1.85. The van der Waals surface area contributed by atoms with Crippen molar-refractivity contribution < 1.29 is 26.7 Å². The van der Waals surface area contributed by atoms with Crippen LogP contribution in [0, 0.1) is 11.7 Å². The SMILES string of the molecule is COc1ccc(N2C(=O)N(CC3C=CC=CC3(F)Cl)c3c(F)cccc3S2(=O)=O)cn1. The summed E-state index contributed by atoms with van der Waals surface area (Å²) in [4.78, 5) is 17.7. The maximum Gasteiger partial charge on any atom is 0.343 e. The molecule has 0 saturated heterocycles. The number of alkyl halides is 2. The molecule has 2 aliphatic rings. The Morgan fingerprint density at radius 3 is 2.68 bits per heavy atom. The number of nitrogens with zero attached hydrogens (tertiary/aromatic N) is 3. The predicted molar refractivity (Wildman–Crippen MR) is 111 cm³/mol. The average Bonchev–Trinajstić information content (AvgIpc) is 2.72. The first-order valence-corrected chi connectivity index (χ1v) is 10.9. The van der Waals surface area contributed by atoms with Crippen LogP contribution in [-0.4, -0.2) is 38.2 Å². The molecule has 0 bridgehead atoms. The van der Waals surface area contributed by atoms with E-state index in [1.54, 1.807) is 6.08 Å². The number of fused-ring (bicyclic) bond motifs is 1. The predicted octanol–water partition coefficient (Wildman–Crippen LogP) is 4.01. The van der Waals surface area contributed by atoms with Crippen LogP contribution in [0.2, 0.25) is 0 Å². The fourth-order valence-corrected chi connectivity index (χ4v) is 5.22. The van der Waals surface area contributed by atoms with Crippen LogP contribution in [0.1, 0.15) is 0 Å². The van der Waals surface area contributed by atoms with Gasteiger partial charge in [-0.3, -0.25) is 4.90 Å². The highest BCUT2D eigenvalue weighted by molar-refractivity contribution is 7.94. The number of urea groups is 1. The molecule has 1 aliphatic heterocycles. The number of hydrogen-bond donors (Lipinski definition) is 0. The summed E-state index contributed by atoms with van der Waals surface area (Å²) in [7, 11) is -3.09. The minimum Gasteiger partial charge on any atom is -0.481 e. The number of ether oxygens (including phenoxy) is 1. The number of pyridine rings is 1. The molecule has 1 aliphatic carbocycles. The van der Waals surface area contributed by atoms with Crippen molar-refractivity contribution in [1.82, 2.24) is 4.98 Å². The van der Waals surface area contributed by atoms with E-state index in [9.17, 15) is 22.0 Å². The second-order valence-corrected chi connectivity index (χ2v) is 9.17. The number of anilines is 2. The molecule has 2 aromatic rings. The lowest BCUT2D eigenvalue weighted by Gasteiger charge is -2.38. The maximum absolute atomic E-state index is 14.8. The zero-order valence-electron chi connectivity index (χ0n) is 16.1. The van der Waals surface area contributed by atoms with E-state index in [1.807, 2.05) is 0 Å². The van der Waals surface area contributed by atoms with Crippen LogP contribution in [-0.2, 0) is 10.0 Å². The number of benzene rings is 1. The van der Waals surface area contributed by atoms with E-state index < -0.39 is 50.0 Å². The van der Waals surface area contributed by atoms with Crippen molar-refractivity contribution in [3.63, 3.8) is 0 Å². The molecule has 1 aromatic carbocycles. The lowest BCUT2D eigenvalue weighted by molar-refractivity contribution is 0.244. The monoisotopic (exact) mass is 467 g/mol. The summed E-state index contributed by atoms with van der Waals surface area (Å²) in [6, 6.07) is 5.04. The summed E-state index contributed by atoms with van der Waals surface area (Å²) in [5.41, 5.74) is -0.539. The Kier molecular flexibility index (Phi) is 5.22. The van der Waals surface area contributed by atoms with Crippen LogP contribution in [0.3, 0.4) is 0 Å². The molecule has 4 rings (SSSR count). The number of hydrogen-bond acceptors (Lipinski definition) is 5. The highest BCUT2D eigenvalue weighted by atomic mass is 35.5. The molecule has 2 unspecified atom stereocenters. The van der Waals surface area contributed by atoms with E-state index in [2.05, 4.69) is 4.98 Å². The molecule has 162 valence electrons. The highest BCUT2D eigenvalue weighted by Crippen LogP contribution is 2.41. The summed E-state index contributed by atoms with van der Waals surface area (Å²) in [6.07, 6.45) is 6.64. The van der Waals surface area contributed by atoms with Gasteiger partial charge in [-0.15, -0.1) is 0 Å². The zero-order valence-corrected chi connectivity index (χ0v) is 17.6. The molecule has 0 radical (unpaired) electrons. The molecule has 11 heteroatoms. The van der Waals surface area contributed by atoms with Gasteiger partial charge in [0.2, 0.25) is 11.0 Å². The van der Waals surface area contributed by atoms with Crippen LogP contribution < -0.4 is 13.9 Å². The van der Waals surface area contributed by atoms with Gasteiger partial charge < -0.3 is 4.74 Å². The molecule has 31 heavy (non-hydrogen) atoms. The number of amides is 2. The quantitative estimate of drug-likeness (QED) is 0.635. The van der Waals surface area contributed by atoms with Crippen molar-refractivity contribution in [3.05, 3.63) is 66.6 Å². The number of para-hydroxylation sites is 1. The van der Waals surface area contributed by atoms with E-state index in [4.69, 9.17) is 16.3 Å². The third-order valence-corrected chi connectivity index (χ3v) is 7.09. The van der Waals surface area contributed by atoms with Crippen LogP contribution in [0.15, 0.2) is 65.7 Å². The molecule has 2 amide bonds. The largest absolute Gasteiger partial charge is 0.481 e. The topological polar surface area (TPSA) is 79.8 Å². The first-order chi connectivity index (χ1) is 14.7. The van der Waals surface area contributed by atoms with Gasteiger partial charge in [0.1, 0.15) is 16.4 Å². The molecule has 2 heterocycles. The molecule has 0 spiro atoms. The number of sulfonamides is 1. The lowest BCUT2D eigenvalue weighted by Crippen LogP contribution is -2.54. The standard InChI is InChI=1S/C20H16ClF2N3O4S/c1-30-17-9-8-14(11-24-17)26-19(27)25(12-13-5-2-3-10-20(13,21)23)18-15(22)6-4-7-16(18)31(26,28)29/h2-11,13H,12H2,1H3. The Morgan fingerprint density at radius 2 is 2.03 bits per heavy atom. The van der Waals surface area contributed by atoms with Crippen molar-refractivity contribution in [1.29, 1.82) is 0 Å². The third-order valence-electron chi connectivity index (χ3n) is 4.95. The van der Waals surface area contributed by atoms with Gasteiger partial charge >= 0.3 is 6.03 Å².